The van der Waals surface area contributed by atoms with Crippen LogP contribution in [-0.4, -0.2) is 5.91 Å². The van der Waals surface area contributed by atoms with Crippen molar-refractivity contribution in [3.05, 3.63) is 65.0 Å². The summed E-state index contributed by atoms with van der Waals surface area (Å²) >= 11 is 0. The van der Waals surface area contributed by atoms with Crippen molar-refractivity contribution in [1.29, 1.82) is 0 Å². The normalized spacial score (nSPS) is 12.0. The Bertz CT molecular complexity index is 689. The lowest BCUT2D eigenvalue weighted by Crippen LogP contribution is -2.28. The van der Waals surface area contributed by atoms with Crippen LogP contribution in [0, 0.1) is 17.5 Å². The number of halogens is 3. The van der Waals surface area contributed by atoms with Gasteiger partial charge in [0.2, 0.25) is 0 Å². The molecular weight excluding hydrogens is 281 g/mol. The Morgan fingerprint density at radius 2 is 1.71 bits per heavy atom. The van der Waals surface area contributed by atoms with E-state index in [1.807, 2.05) is 0 Å². The maximum absolute atomic E-state index is 13.6. The highest BCUT2D eigenvalue weighted by atomic mass is 19.1. The highest BCUT2D eigenvalue weighted by Gasteiger charge is 2.17. The van der Waals surface area contributed by atoms with E-state index >= 15 is 0 Å². The SMILES string of the molecule is CC(NC(=O)c1ccc(F)cc1N)c1cc(F)ccc1F. The highest BCUT2D eigenvalue weighted by molar-refractivity contribution is 5.99. The second-order valence-electron chi connectivity index (χ2n) is 4.59. The van der Waals surface area contributed by atoms with Crippen molar-refractivity contribution in [3.8, 4) is 0 Å². The summed E-state index contributed by atoms with van der Waals surface area (Å²) in [5.74, 6) is -2.39. The number of amides is 1. The third-order valence-corrected chi connectivity index (χ3v) is 3.03. The van der Waals surface area contributed by atoms with Crippen molar-refractivity contribution >= 4 is 11.6 Å². The Hall–Kier alpha value is -2.50. The van der Waals surface area contributed by atoms with E-state index in [0.717, 1.165) is 30.3 Å². The zero-order chi connectivity index (χ0) is 15.6. The van der Waals surface area contributed by atoms with E-state index in [0.29, 0.717) is 0 Å². The number of nitrogens with one attached hydrogen (secondary N) is 1. The van der Waals surface area contributed by atoms with Crippen LogP contribution in [0.15, 0.2) is 36.4 Å². The van der Waals surface area contributed by atoms with Crippen LogP contribution in [0.1, 0.15) is 28.9 Å². The van der Waals surface area contributed by atoms with E-state index in [2.05, 4.69) is 5.32 Å². The summed E-state index contributed by atoms with van der Waals surface area (Å²) in [4.78, 5) is 12.0. The molecule has 0 radical (unpaired) electrons. The van der Waals surface area contributed by atoms with E-state index < -0.39 is 29.4 Å². The number of hydrogen-bond donors (Lipinski definition) is 2. The summed E-state index contributed by atoms with van der Waals surface area (Å²) in [7, 11) is 0. The minimum atomic E-state index is -0.766. The summed E-state index contributed by atoms with van der Waals surface area (Å²) in [6.07, 6.45) is 0. The van der Waals surface area contributed by atoms with Crippen LogP contribution in [-0.2, 0) is 0 Å². The lowest BCUT2D eigenvalue weighted by atomic mass is 10.1. The number of nitrogen functional groups attached to an aromatic ring is 1. The zero-order valence-corrected chi connectivity index (χ0v) is 11.2. The summed E-state index contributed by atoms with van der Waals surface area (Å²) in [5, 5.41) is 2.49. The molecule has 0 aliphatic heterocycles. The van der Waals surface area contributed by atoms with Gasteiger partial charge in [-0.1, -0.05) is 0 Å². The van der Waals surface area contributed by atoms with Gasteiger partial charge in [0.1, 0.15) is 17.5 Å². The van der Waals surface area contributed by atoms with Crippen molar-refractivity contribution in [2.45, 2.75) is 13.0 Å². The van der Waals surface area contributed by atoms with Gasteiger partial charge in [-0.25, -0.2) is 13.2 Å². The molecule has 0 saturated carbocycles. The number of anilines is 1. The molecule has 0 aromatic heterocycles. The Morgan fingerprint density at radius 1 is 1.10 bits per heavy atom. The second kappa shape index (κ2) is 5.87. The van der Waals surface area contributed by atoms with Crippen LogP contribution >= 0.6 is 0 Å². The molecule has 0 saturated heterocycles. The lowest BCUT2D eigenvalue weighted by Gasteiger charge is -2.16. The van der Waals surface area contributed by atoms with Gasteiger partial charge in [-0.2, -0.15) is 0 Å². The first-order chi connectivity index (χ1) is 9.88. The molecular formula is C15H13F3N2O. The van der Waals surface area contributed by atoms with E-state index in [-0.39, 0.29) is 16.8 Å². The van der Waals surface area contributed by atoms with Gasteiger partial charge < -0.3 is 11.1 Å². The molecule has 0 bridgehead atoms. The van der Waals surface area contributed by atoms with Gasteiger partial charge in [0, 0.05) is 11.3 Å². The predicted molar refractivity (Wildman–Crippen MR) is 73.1 cm³/mol. The molecule has 3 N–H and O–H groups in total. The van der Waals surface area contributed by atoms with Crippen molar-refractivity contribution < 1.29 is 18.0 Å². The number of hydrogen-bond acceptors (Lipinski definition) is 2. The molecule has 0 aliphatic carbocycles. The Morgan fingerprint density at radius 3 is 2.38 bits per heavy atom. The summed E-state index contributed by atoms with van der Waals surface area (Å²) in [6.45, 7) is 1.51. The lowest BCUT2D eigenvalue weighted by molar-refractivity contribution is 0.0940. The molecule has 0 fully saturated rings. The molecule has 2 aromatic carbocycles. The predicted octanol–water partition coefficient (Wildman–Crippen LogP) is 3.18. The standard InChI is InChI=1S/C15H13F3N2O/c1-8(12-6-9(16)3-5-13(12)18)20-15(21)11-4-2-10(17)7-14(11)19/h2-8H,19H2,1H3,(H,20,21). The van der Waals surface area contributed by atoms with Gasteiger partial charge in [0.25, 0.3) is 5.91 Å². The van der Waals surface area contributed by atoms with Gasteiger partial charge in [-0.05, 0) is 43.3 Å². The Balaban J connectivity index is 2.20. The van der Waals surface area contributed by atoms with Crippen LogP contribution < -0.4 is 11.1 Å². The molecule has 0 aliphatic rings. The van der Waals surface area contributed by atoms with Gasteiger partial charge in [-0.3, -0.25) is 4.79 Å². The van der Waals surface area contributed by atoms with Crippen LogP contribution in [0.3, 0.4) is 0 Å². The molecule has 3 nitrogen and oxygen atoms in total. The van der Waals surface area contributed by atoms with Crippen LogP contribution in [0.4, 0.5) is 18.9 Å². The van der Waals surface area contributed by atoms with Crippen molar-refractivity contribution in [1.82, 2.24) is 5.32 Å². The van der Waals surface area contributed by atoms with E-state index in [4.69, 9.17) is 5.73 Å². The molecule has 2 rings (SSSR count). The fraction of sp³-hybridized carbons (Fsp3) is 0.133. The maximum atomic E-state index is 13.6. The molecule has 1 unspecified atom stereocenters. The quantitative estimate of drug-likeness (QED) is 0.854. The Labute approximate surface area is 119 Å². The maximum Gasteiger partial charge on any atom is 0.253 e. The van der Waals surface area contributed by atoms with Crippen molar-refractivity contribution in [2.24, 2.45) is 0 Å². The molecule has 6 heteroatoms. The first kappa shape index (κ1) is 14.9. The van der Waals surface area contributed by atoms with E-state index in [9.17, 15) is 18.0 Å². The fourth-order valence-electron chi connectivity index (χ4n) is 1.94. The Kier molecular flexibility index (Phi) is 4.16. The summed E-state index contributed by atoms with van der Waals surface area (Å²) < 4.78 is 39.7. The van der Waals surface area contributed by atoms with Crippen LogP contribution in [0.5, 0.6) is 0 Å². The van der Waals surface area contributed by atoms with Crippen LogP contribution in [0.2, 0.25) is 0 Å². The fourth-order valence-corrected chi connectivity index (χ4v) is 1.94. The number of carbonyl (C=O) groups excluding carboxylic acids is 1. The molecule has 1 amide bonds. The molecule has 0 spiro atoms. The van der Waals surface area contributed by atoms with Gasteiger partial charge in [0.15, 0.2) is 0 Å². The van der Waals surface area contributed by atoms with Crippen LogP contribution in [0.25, 0.3) is 0 Å². The third-order valence-electron chi connectivity index (χ3n) is 3.03. The molecule has 110 valence electrons. The minimum absolute atomic E-state index is 0.0176. The average Bonchev–Trinajstić information content (AvgIpc) is 2.41. The average molecular weight is 294 g/mol. The first-order valence-electron chi connectivity index (χ1n) is 6.19. The van der Waals surface area contributed by atoms with Crippen molar-refractivity contribution in [3.63, 3.8) is 0 Å². The van der Waals surface area contributed by atoms with Gasteiger partial charge in [-0.15, -0.1) is 0 Å². The van der Waals surface area contributed by atoms with E-state index in [1.54, 1.807) is 0 Å². The number of benzene rings is 2. The minimum Gasteiger partial charge on any atom is -0.398 e. The van der Waals surface area contributed by atoms with Gasteiger partial charge >= 0.3 is 0 Å². The topological polar surface area (TPSA) is 55.1 Å². The number of carbonyl (C=O) groups is 1. The monoisotopic (exact) mass is 294 g/mol. The largest absolute Gasteiger partial charge is 0.398 e. The molecule has 21 heavy (non-hydrogen) atoms. The molecule has 1 atom stereocenters. The highest BCUT2D eigenvalue weighted by Crippen LogP contribution is 2.20. The second-order valence-corrected chi connectivity index (χ2v) is 4.59. The van der Waals surface area contributed by atoms with E-state index in [1.165, 1.54) is 13.0 Å². The van der Waals surface area contributed by atoms with Gasteiger partial charge in [0.05, 0.1) is 11.6 Å². The third kappa shape index (κ3) is 3.34. The number of nitrogens with two attached hydrogens (primary N) is 1. The zero-order valence-electron chi connectivity index (χ0n) is 11.2. The summed E-state index contributed by atoms with van der Waals surface area (Å²) in [6, 6.07) is 5.56. The van der Waals surface area contributed by atoms with Crippen molar-refractivity contribution in [2.75, 3.05) is 5.73 Å². The molecule has 0 heterocycles. The smallest absolute Gasteiger partial charge is 0.253 e. The first-order valence-corrected chi connectivity index (χ1v) is 6.19. The molecule has 2 aromatic rings. The number of rotatable bonds is 3. The summed E-state index contributed by atoms with van der Waals surface area (Å²) in [5.41, 5.74) is 5.61.